The first-order chi connectivity index (χ1) is 12.3. The standard InChI is InChI=1S/C17H15F3N2O3S/c18-17(19,20)12-21(10-13-6-4-5-9-15(13)22(24)25)16(23)11-26-14-7-2-1-3-8-14/h1-9H,10-12H2. The Hall–Kier alpha value is -2.55. The zero-order valence-corrected chi connectivity index (χ0v) is 14.3. The van der Waals surface area contributed by atoms with E-state index in [2.05, 4.69) is 0 Å². The van der Waals surface area contributed by atoms with Crippen molar-refractivity contribution in [2.75, 3.05) is 12.3 Å². The Labute approximate surface area is 152 Å². The van der Waals surface area contributed by atoms with Crippen LogP contribution in [0.5, 0.6) is 0 Å². The highest BCUT2D eigenvalue weighted by molar-refractivity contribution is 8.00. The third-order valence-electron chi connectivity index (χ3n) is 3.38. The molecule has 0 aliphatic rings. The highest BCUT2D eigenvalue weighted by Gasteiger charge is 2.33. The smallest absolute Gasteiger partial charge is 0.328 e. The van der Waals surface area contributed by atoms with E-state index < -0.39 is 30.1 Å². The molecule has 0 unspecified atom stereocenters. The molecule has 0 aromatic heterocycles. The number of rotatable bonds is 7. The van der Waals surface area contributed by atoms with Gasteiger partial charge in [0.15, 0.2) is 0 Å². The number of hydrogen-bond acceptors (Lipinski definition) is 4. The Morgan fingerprint density at radius 3 is 2.31 bits per heavy atom. The van der Waals surface area contributed by atoms with Crippen molar-refractivity contribution >= 4 is 23.4 Å². The molecular weight excluding hydrogens is 369 g/mol. The van der Waals surface area contributed by atoms with E-state index in [0.717, 1.165) is 16.7 Å². The summed E-state index contributed by atoms with van der Waals surface area (Å²) in [6.45, 7) is -1.95. The fraction of sp³-hybridized carbons (Fsp3) is 0.235. The maximum absolute atomic E-state index is 12.9. The third kappa shape index (κ3) is 6.07. The minimum absolute atomic E-state index is 0.0554. The lowest BCUT2D eigenvalue weighted by Crippen LogP contribution is -2.39. The Balaban J connectivity index is 2.15. The van der Waals surface area contributed by atoms with Gasteiger partial charge in [0.2, 0.25) is 5.91 Å². The predicted molar refractivity (Wildman–Crippen MR) is 91.7 cm³/mol. The monoisotopic (exact) mass is 384 g/mol. The topological polar surface area (TPSA) is 63.5 Å². The van der Waals surface area contributed by atoms with Crippen LogP contribution in [0.2, 0.25) is 0 Å². The number of nitro benzene ring substituents is 1. The molecule has 0 spiro atoms. The van der Waals surface area contributed by atoms with Crippen LogP contribution in [0, 0.1) is 10.1 Å². The van der Waals surface area contributed by atoms with E-state index in [0.29, 0.717) is 4.90 Å². The number of carbonyl (C=O) groups excluding carboxylic acids is 1. The fourth-order valence-electron chi connectivity index (χ4n) is 2.23. The molecule has 9 heteroatoms. The van der Waals surface area contributed by atoms with E-state index >= 15 is 0 Å². The molecule has 0 N–H and O–H groups in total. The van der Waals surface area contributed by atoms with Gasteiger partial charge < -0.3 is 4.90 Å². The molecule has 138 valence electrons. The third-order valence-corrected chi connectivity index (χ3v) is 4.37. The molecule has 5 nitrogen and oxygen atoms in total. The van der Waals surface area contributed by atoms with Crippen LogP contribution in [0.15, 0.2) is 59.5 Å². The van der Waals surface area contributed by atoms with Crippen LogP contribution in [-0.2, 0) is 11.3 Å². The van der Waals surface area contributed by atoms with E-state index in [1.807, 2.05) is 0 Å². The van der Waals surface area contributed by atoms with Gasteiger partial charge >= 0.3 is 6.18 Å². The lowest BCUT2D eigenvalue weighted by atomic mass is 10.1. The van der Waals surface area contributed by atoms with Crippen molar-refractivity contribution in [1.82, 2.24) is 4.90 Å². The van der Waals surface area contributed by atoms with Gasteiger partial charge in [-0.25, -0.2) is 0 Å². The Bertz CT molecular complexity index is 769. The maximum atomic E-state index is 12.9. The van der Waals surface area contributed by atoms with Gasteiger partial charge in [-0.3, -0.25) is 14.9 Å². The molecule has 2 rings (SSSR count). The number of amides is 1. The lowest BCUT2D eigenvalue weighted by molar-refractivity contribution is -0.385. The Morgan fingerprint density at radius 1 is 1.08 bits per heavy atom. The molecular formula is C17H15F3N2O3S. The van der Waals surface area contributed by atoms with Crippen molar-refractivity contribution in [3.8, 4) is 0 Å². The summed E-state index contributed by atoms with van der Waals surface area (Å²) in [6.07, 6.45) is -4.60. The molecule has 1 amide bonds. The van der Waals surface area contributed by atoms with Crippen LogP contribution in [-0.4, -0.2) is 34.2 Å². The second kappa shape index (κ2) is 8.70. The first kappa shape index (κ1) is 19.8. The van der Waals surface area contributed by atoms with Gasteiger partial charge in [-0.15, -0.1) is 11.8 Å². The number of nitrogens with zero attached hydrogens (tertiary/aromatic N) is 2. The predicted octanol–water partition coefficient (Wildman–Crippen LogP) is 4.28. The second-order valence-corrected chi connectivity index (χ2v) is 6.40. The molecule has 0 saturated carbocycles. The van der Waals surface area contributed by atoms with Gasteiger partial charge in [-0.1, -0.05) is 36.4 Å². The van der Waals surface area contributed by atoms with E-state index in [1.54, 1.807) is 30.3 Å². The number of carbonyl (C=O) groups is 1. The van der Waals surface area contributed by atoms with E-state index in [4.69, 9.17) is 0 Å². The molecule has 0 aliphatic carbocycles. The van der Waals surface area contributed by atoms with Gasteiger partial charge in [0.05, 0.1) is 17.2 Å². The van der Waals surface area contributed by atoms with E-state index in [-0.39, 0.29) is 17.0 Å². The quantitative estimate of drug-likeness (QED) is 0.406. The lowest BCUT2D eigenvalue weighted by Gasteiger charge is -2.24. The number of thioether (sulfide) groups is 1. The summed E-state index contributed by atoms with van der Waals surface area (Å²) < 4.78 is 38.6. The number of nitro groups is 1. The summed E-state index contributed by atoms with van der Waals surface area (Å²) >= 11 is 1.11. The fourth-order valence-corrected chi connectivity index (χ4v) is 3.05. The zero-order valence-electron chi connectivity index (χ0n) is 13.5. The molecule has 0 atom stereocenters. The average molecular weight is 384 g/mol. The van der Waals surface area contributed by atoms with Gasteiger partial charge in [-0.2, -0.15) is 13.2 Å². The number of alkyl halides is 3. The molecule has 0 bridgehead atoms. The number of benzene rings is 2. The van der Waals surface area contributed by atoms with Crippen LogP contribution >= 0.6 is 11.8 Å². The Kier molecular flexibility index (Phi) is 6.62. The summed E-state index contributed by atoms with van der Waals surface area (Å²) in [5.41, 5.74) is -0.261. The number of halogens is 3. The van der Waals surface area contributed by atoms with Crippen LogP contribution in [0.1, 0.15) is 5.56 Å². The van der Waals surface area contributed by atoms with Gasteiger partial charge in [0.25, 0.3) is 5.69 Å². The summed E-state index contributed by atoms with van der Waals surface area (Å²) in [6, 6.07) is 14.2. The molecule has 26 heavy (non-hydrogen) atoms. The first-order valence-electron chi connectivity index (χ1n) is 7.51. The van der Waals surface area contributed by atoms with Crippen LogP contribution in [0.3, 0.4) is 0 Å². The highest BCUT2D eigenvalue weighted by Crippen LogP contribution is 2.24. The average Bonchev–Trinajstić information content (AvgIpc) is 2.59. The van der Waals surface area contributed by atoms with E-state index in [1.165, 1.54) is 24.3 Å². The molecule has 0 aliphatic heterocycles. The number of hydrogen-bond donors (Lipinski definition) is 0. The van der Waals surface area contributed by atoms with Crippen LogP contribution in [0.4, 0.5) is 18.9 Å². The normalized spacial score (nSPS) is 11.2. The van der Waals surface area contributed by atoms with Crippen LogP contribution < -0.4 is 0 Å². The van der Waals surface area contributed by atoms with Gasteiger partial charge in [0.1, 0.15) is 6.54 Å². The first-order valence-corrected chi connectivity index (χ1v) is 8.49. The summed E-state index contributed by atoms with van der Waals surface area (Å²) in [7, 11) is 0. The van der Waals surface area contributed by atoms with Crippen molar-refractivity contribution in [2.24, 2.45) is 0 Å². The molecule has 0 fully saturated rings. The minimum Gasteiger partial charge on any atom is -0.328 e. The Morgan fingerprint density at radius 2 is 1.69 bits per heavy atom. The van der Waals surface area contributed by atoms with Crippen molar-refractivity contribution in [1.29, 1.82) is 0 Å². The SMILES string of the molecule is O=C(CSc1ccccc1)N(Cc1ccccc1[N+](=O)[O-])CC(F)(F)F. The van der Waals surface area contributed by atoms with Crippen molar-refractivity contribution < 1.29 is 22.9 Å². The van der Waals surface area contributed by atoms with Crippen molar-refractivity contribution in [3.05, 3.63) is 70.3 Å². The van der Waals surface area contributed by atoms with Gasteiger partial charge in [0, 0.05) is 16.5 Å². The molecule has 2 aromatic carbocycles. The summed E-state index contributed by atoms with van der Waals surface area (Å²) in [5, 5.41) is 11.0. The highest BCUT2D eigenvalue weighted by atomic mass is 32.2. The summed E-state index contributed by atoms with van der Waals surface area (Å²) in [5.74, 6) is -0.935. The minimum atomic E-state index is -4.60. The van der Waals surface area contributed by atoms with Crippen LogP contribution in [0.25, 0.3) is 0 Å². The van der Waals surface area contributed by atoms with Gasteiger partial charge in [-0.05, 0) is 12.1 Å². The molecule has 2 aromatic rings. The molecule has 0 heterocycles. The summed E-state index contributed by atoms with van der Waals surface area (Å²) in [4.78, 5) is 24.0. The second-order valence-electron chi connectivity index (χ2n) is 5.35. The largest absolute Gasteiger partial charge is 0.406 e. The molecule has 0 saturated heterocycles. The molecule has 0 radical (unpaired) electrons. The van der Waals surface area contributed by atoms with Crippen molar-refractivity contribution in [2.45, 2.75) is 17.6 Å². The number of para-hydroxylation sites is 1. The van der Waals surface area contributed by atoms with Crippen molar-refractivity contribution in [3.63, 3.8) is 0 Å². The van der Waals surface area contributed by atoms with E-state index in [9.17, 15) is 28.1 Å². The zero-order chi connectivity index (χ0) is 19.2. The maximum Gasteiger partial charge on any atom is 0.406 e.